The van der Waals surface area contributed by atoms with E-state index < -0.39 is 38.5 Å². The van der Waals surface area contributed by atoms with E-state index in [0.717, 1.165) is 0 Å². The molecule has 1 fully saturated rings. The van der Waals surface area contributed by atoms with E-state index in [1.165, 1.54) is 12.3 Å². The van der Waals surface area contributed by atoms with Gasteiger partial charge in [0.2, 0.25) is 0 Å². The third-order valence-corrected chi connectivity index (χ3v) is 5.47. The van der Waals surface area contributed by atoms with Crippen LogP contribution >= 0.6 is 0 Å². The fraction of sp³-hybridized carbons (Fsp3) is 0.143. The third kappa shape index (κ3) is 2.36. The Morgan fingerprint density at radius 2 is 2.17 bits per heavy atom. The van der Waals surface area contributed by atoms with Crippen LogP contribution in [0.4, 0.5) is 0 Å². The molecule has 0 aromatic carbocycles. The molecular weight excluding hydrogens is 338 g/mol. The van der Waals surface area contributed by atoms with Crippen LogP contribution < -0.4 is 0 Å². The van der Waals surface area contributed by atoms with Crippen molar-refractivity contribution in [3.63, 3.8) is 0 Å². The molecule has 3 heterocycles. The number of fused-ring (bicyclic) bond motifs is 1. The average molecular weight is 349 g/mol. The molecule has 10 heteroatoms. The SMILES string of the molecule is O=C(O)C1=C(/C=N/O)CS(=O)(=O)[C@H]2/C(=C\c3ccccn3)C(=O)N12. The summed E-state index contributed by atoms with van der Waals surface area (Å²) in [7, 11) is -3.88. The van der Waals surface area contributed by atoms with Crippen molar-refractivity contribution in [2.45, 2.75) is 5.37 Å². The van der Waals surface area contributed by atoms with Crippen molar-refractivity contribution >= 4 is 34.0 Å². The standard InChI is InChI=1S/C14H11N3O6S/c18-12-10(5-9-3-1-2-4-15-9)13-17(12)11(14(19)20)8(6-16-21)7-24(13,22)23/h1-6,13,21H,7H2,(H,19,20)/b10-5-,16-6+/t13-/m0/s1. The molecule has 1 aromatic rings. The molecule has 3 rings (SSSR count). The smallest absolute Gasteiger partial charge is 0.353 e. The molecule has 1 atom stereocenters. The molecule has 0 aliphatic carbocycles. The van der Waals surface area contributed by atoms with Crippen molar-refractivity contribution in [3.05, 3.63) is 46.9 Å². The molecule has 1 aromatic heterocycles. The van der Waals surface area contributed by atoms with Gasteiger partial charge in [-0.15, -0.1) is 0 Å². The first-order valence-corrected chi connectivity index (χ1v) is 8.40. The van der Waals surface area contributed by atoms with Gasteiger partial charge in [0, 0.05) is 11.8 Å². The molecule has 2 aliphatic heterocycles. The number of oxime groups is 1. The summed E-state index contributed by atoms with van der Waals surface area (Å²) in [6, 6.07) is 4.93. The Bertz CT molecular complexity index is 917. The van der Waals surface area contributed by atoms with E-state index in [4.69, 9.17) is 5.21 Å². The molecule has 24 heavy (non-hydrogen) atoms. The van der Waals surface area contributed by atoms with Crippen LogP contribution in [0.3, 0.4) is 0 Å². The van der Waals surface area contributed by atoms with Gasteiger partial charge >= 0.3 is 5.97 Å². The second-order valence-electron chi connectivity index (χ2n) is 5.11. The van der Waals surface area contributed by atoms with Crippen molar-refractivity contribution in [1.82, 2.24) is 9.88 Å². The molecular formula is C14H11N3O6S. The highest BCUT2D eigenvalue weighted by atomic mass is 32.2. The summed E-state index contributed by atoms with van der Waals surface area (Å²) in [5.41, 5.74) is -0.422. The van der Waals surface area contributed by atoms with Gasteiger partial charge in [-0.2, -0.15) is 0 Å². The number of carbonyl (C=O) groups excluding carboxylic acids is 1. The maximum atomic E-state index is 12.4. The topological polar surface area (TPSA) is 137 Å². The number of carbonyl (C=O) groups is 2. The summed E-state index contributed by atoms with van der Waals surface area (Å²) in [6.07, 6.45) is 3.53. The minimum Gasteiger partial charge on any atom is -0.477 e. The van der Waals surface area contributed by atoms with Crippen LogP contribution in [0.25, 0.3) is 6.08 Å². The summed E-state index contributed by atoms with van der Waals surface area (Å²) in [5, 5.41) is 19.2. The highest BCUT2D eigenvalue weighted by Crippen LogP contribution is 2.40. The fourth-order valence-electron chi connectivity index (χ4n) is 2.68. The molecule has 9 nitrogen and oxygen atoms in total. The molecule has 2 N–H and O–H groups in total. The Morgan fingerprint density at radius 1 is 1.42 bits per heavy atom. The van der Waals surface area contributed by atoms with E-state index in [0.29, 0.717) is 16.8 Å². The highest BCUT2D eigenvalue weighted by Gasteiger charge is 2.56. The van der Waals surface area contributed by atoms with Crippen molar-refractivity contribution in [1.29, 1.82) is 0 Å². The summed E-state index contributed by atoms with van der Waals surface area (Å²) < 4.78 is 24.8. The first-order chi connectivity index (χ1) is 11.4. The van der Waals surface area contributed by atoms with Gasteiger partial charge < -0.3 is 10.3 Å². The summed E-state index contributed by atoms with van der Waals surface area (Å²) in [6.45, 7) is 0. The van der Waals surface area contributed by atoms with Gasteiger partial charge in [-0.3, -0.25) is 14.7 Å². The van der Waals surface area contributed by atoms with Crippen LogP contribution in [0.1, 0.15) is 5.69 Å². The van der Waals surface area contributed by atoms with Gasteiger partial charge in [-0.1, -0.05) is 11.2 Å². The zero-order valence-corrected chi connectivity index (χ0v) is 12.8. The molecule has 0 spiro atoms. The Balaban J connectivity index is 2.12. The molecule has 124 valence electrons. The Hall–Kier alpha value is -3.01. The molecule has 0 radical (unpaired) electrons. The molecule has 1 amide bonds. The Morgan fingerprint density at radius 3 is 2.75 bits per heavy atom. The first-order valence-electron chi connectivity index (χ1n) is 6.68. The monoisotopic (exact) mass is 349 g/mol. The quantitative estimate of drug-likeness (QED) is 0.255. The van der Waals surface area contributed by atoms with E-state index in [9.17, 15) is 23.1 Å². The number of β-lactam (4-membered cyclic amide) rings is 1. The number of hydrogen-bond donors (Lipinski definition) is 2. The second kappa shape index (κ2) is 5.57. The number of carboxylic acids is 1. The van der Waals surface area contributed by atoms with Crippen LogP contribution in [0.5, 0.6) is 0 Å². The molecule has 0 bridgehead atoms. The van der Waals surface area contributed by atoms with Crippen molar-refractivity contribution < 1.29 is 28.3 Å². The minimum atomic E-state index is -3.88. The van der Waals surface area contributed by atoms with Gasteiger partial charge in [0.15, 0.2) is 15.2 Å². The highest BCUT2D eigenvalue weighted by molar-refractivity contribution is 7.92. The number of rotatable bonds is 3. The summed E-state index contributed by atoms with van der Waals surface area (Å²) in [4.78, 5) is 28.4. The fourth-order valence-corrected chi connectivity index (χ4v) is 4.56. The first kappa shape index (κ1) is 15.9. The lowest BCUT2D eigenvalue weighted by molar-refractivity contribution is -0.141. The predicted octanol–water partition coefficient (Wildman–Crippen LogP) is -0.140. The van der Waals surface area contributed by atoms with Crippen LogP contribution in [0.2, 0.25) is 0 Å². The van der Waals surface area contributed by atoms with Gasteiger partial charge in [0.05, 0.1) is 23.2 Å². The van der Waals surface area contributed by atoms with E-state index >= 15 is 0 Å². The van der Waals surface area contributed by atoms with E-state index in [-0.39, 0.29) is 11.1 Å². The van der Waals surface area contributed by atoms with Gasteiger partial charge in [0.25, 0.3) is 5.91 Å². The molecule has 2 aliphatic rings. The van der Waals surface area contributed by atoms with Crippen LogP contribution in [-0.4, -0.2) is 57.8 Å². The number of carboxylic acid groups (broad SMARTS) is 1. The number of pyridine rings is 1. The lowest BCUT2D eigenvalue weighted by Gasteiger charge is -2.44. The predicted molar refractivity (Wildman–Crippen MR) is 81.6 cm³/mol. The summed E-state index contributed by atoms with van der Waals surface area (Å²) >= 11 is 0. The van der Waals surface area contributed by atoms with Gasteiger partial charge in [-0.05, 0) is 18.2 Å². The lowest BCUT2D eigenvalue weighted by Crippen LogP contribution is -2.62. The second-order valence-corrected chi connectivity index (χ2v) is 7.17. The largest absolute Gasteiger partial charge is 0.477 e. The summed E-state index contributed by atoms with van der Waals surface area (Å²) in [5.74, 6) is -2.86. The number of hydrogen-bond acceptors (Lipinski definition) is 7. The normalized spacial score (nSPS) is 24.2. The van der Waals surface area contributed by atoms with Gasteiger partial charge in [0.1, 0.15) is 5.70 Å². The van der Waals surface area contributed by atoms with Crippen molar-refractivity contribution in [3.8, 4) is 0 Å². The van der Waals surface area contributed by atoms with Crippen LogP contribution in [0, 0.1) is 0 Å². The molecule has 0 saturated carbocycles. The number of amides is 1. The lowest BCUT2D eigenvalue weighted by atomic mass is 10.0. The van der Waals surface area contributed by atoms with Crippen LogP contribution in [-0.2, 0) is 19.4 Å². The van der Waals surface area contributed by atoms with Crippen molar-refractivity contribution in [2.24, 2.45) is 5.16 Å². The number of nitrogens with zero attached hydrogens (tertiary/aromatic N) is 3. The third-order valence-electron chi connectivity index (χ3n) is 3.62. The molecule has 0 unspecified atom stereocenters. The number of aliphatic carboxylic acids is 1. The Labute approximate surface area is 136 Å². The van der Waals surface area contributed by atoms with Crippen LogP contribution in [0.15, 0.2) is 46.4 Å². The molecule has 1 saturated heterocycles. The average Bonchev–Trinajstić information content (AvgIpc) is 2.52. The zero-order chi connectivity index (χ0) is 17.5. The Kier molecular flexibility index (Phi) is 3.68. The van der Waals surface area contributed by atoms with Crippen molar-refractivity contribution in [2.75, 3.05) is 5.75 Å². The number of aromatic nitrogens is 1. The number of sulfone groups is 1. The maximum Gasteiger partial charge on any atom is 0.353 e. The van der Waals surface area contributed by atoms with E-state index in [1.54, 1.807) is 18.2 Å². The zero-order valence-electron chi connectivity index (χ0n) is 12.0. The van der Waals surface area contributed by atoms with E-state index in [1.807, 2.05) is 0 Å². The van der Waals surface area contributed by atoms with E-state index in [2.05, 4.69) is 10.1 Å². The minimum absolute atomic E-state index is 0.0487. The van der Waals surface area contributed by atoms with Gasteiger partial charge in [-0.25, -0.2) is 13.2 Å². The maximum absolute atomic E-state index is 12.4.